The Hall–Kier alpha value is -1.79. The van der Waals surface area contributed by atoms with E-state index >= 15 is 0 Å². The number of carbonyl (C=O) groups is 1. The lowest BCUT2D eigenvalue weighted by atomic mass is 10.1. The minimum atomic E-state index is 0.168. The fraction of sp³-hybridized carbons (Fsp3) is 0.632. The van der Waals surface area contributed by atoms with Crippen LogP contribution < -0.4 is 14.8 Å². The number of carbonyl (C=O) groups excluding carboxylic acids is 1. The molecule has 138 valence electrons. The van der Waals surface area contributed by atoms with E-state index in [9.17, 15) is 4.79 Å². The lowest BCUT2D eigenvalue weighted by Gasteiger charge is -2.34. The second-order valence-corrected chi connectivity index (χ2v) is 6.83. The summed E-state index contributed by atoms with van der Waals surface area (Å²) in [5.74, 6) is 1.81. The van der Waals surface area contributed by atoms with Crippen LogP contribution in [0.1, 0.15) is 25.3 Å². The van der Waals surface area contributed by atoms with Gasteiger partial charge in [0.25, 0.3) is 0 Å². The molecule has 0 aliphatic carbocycles. The summed E-state index contributed by atoms with van der Waals surface area (Å²) >= 11 is 0. The van der Waals surface area contributed by atoms with Crippen LogP contribution in [0, 0.1) is 0 Å². The average molecular weight is 347 g/mol. The summed E-state index contributed by atoms with van der Waals surface area (Å²) < 4.78 is 11.7. The Morgan fingerprint density at radius 2 is 1.88 bits per heavy atom. The normalized spacial score (nSPS) is 19.7. The highest BCUT2D eigenvalue weighted by atomic mass is 16.5. The lowest BCUT2D eigenvalue weighted by molar-refractivity contribution is -0.130. The van der Waals surface area contributed by atoms with Gasteiger partial charge in [-0.05, 0) is 43.6 Å². The van der Waals surface area contributed by atoms with Gasteiger partial charge in [-0.25, -0.2) is 0 Å². The van der Waals surface area contributed by atoms with Crippen LogP contribution in [-0.2, 0) is 11.3 Å². The van der Waals surface area contributed by atoms with E-state index in [1.165, 1.54) is 5.56 Å². The Morgan fingerprint density at radius 3 is 2.52 bits per heavy atom. The molecule has 0 saturated carbocycles. The molecule has 0 aromatic heterocycles. The quantitative estimate of drug-likeness (QED) is 0.875. The van der Waals surface area contributed by atoms with Crippen molar-refractivity contribution in [1.29, 1.82) is 0 Å². The fourth-order valence-corrected chi connectivity index (χ4v) is 3.48. The number of benzene rings is 1. The number of piperazine rings is 1. The molecule has 0 unspecified atom stereocenters. The molecule has 2 fully saturated rings. The third kappa shape index (κ3) is 4.86. The van der Waals surface area contributed by atoms with Crippen LogP contribution >= 0.6 is 0 Å². The second kappa shape index (κ2) is 8.54. The minimum Gasteiger partial charge on any atom is -0.493 e. The van der Waals surface area contributed by atoms with E-state index in [1.54, 1.807) is 14.0 Å². The van der Waals surface area contributed by atoms with Gasteiger partial charge in [0.05, 0.1) is 7.11 Å². The van der Waals surface area contributed by atoms with Gasteiger partial charge in [0, 0.05) is 39.6 Å². The molecule has 1 amide bonds. The van der Waals surface area contributed by atoms with Crippen LogP contribution in [0.25, 0.3) is 0 Å². The summed E-state index contributed by atoms with van der Waals surface area (Å²) in [6, 6.07) is 6.21. The average Bonchev–Trinajstić information content (AvgIpc) is 2.63. The van der Waals surface area contributed by atoms with Crippen molar-refractivity contribution in [3.8, 4) is 11.5 Å². The molecule has 1 aromatic rings. The first-order valence-corrected chi connectivity index (χ1v) is 9.18. The van der Waals surface area contributed by atoms with Crippen LogP contribution in [0.3, 0.4) is 0 Å². The molecule has 2 aliphatic heterocycles. The maximum atomic E-state index is 11.4. The third-order valence-electron chi connectivity index (χ3n) is 5.03. The van der Waals surface area contributed by atoms with Crippen molar-refractivity contribution < 1.29 is 14.3 Å². The van der Waals surface area contributed by atoms with Crippen LogP contribution in [0.5, 0.6) is 11.5 Å². The van der Waals surface area contributed by atoms with Crippen molar-refractivity contribution >= 4 is 5.91 Å². The number of amides is 1. The molecule has 1 aromatic carbocycles. The standard InChI is InChI=1S/C19H29N3O3/c1-15(23)22-11-9-21(10-12-22)14-16-3-4-18(24-2)19(13-16)25-17-5-7-20-8-6-17/h3-4,13,17,20H,5-12,14H2,1-2H3. The first-order valence-electron chi connectivity index (χ1n) is 9.18. The fourth-order valence-electron chi connectivity index (χ4n) is 3.48. The van der Waals surface area contributed by atoms with Crippen LogP contribution in [0.4, 0.5) is 0 Å². The molecule has 0 atom stereocenters. The van der Waals surface area contributed by atoms with E-state index in [0.717, 1.165) is 70.2 Å². The molecule has 2 heterocycles. The molecule has 25 heavy (non-hydrogen) atoms. The zero-order valence-corrected chi connectivity index (χ0v) is 15.3. The molecule has 3 rings (SSSR count). The van der Waals surface area contributed by atoms with Gasteiger partial charge in [-0.2, -0.15) is 0 Å². The van der Waals surface area contributed by atoms with Crippen molar-refractivity contribution in [2.24, 2.45) is 0 Å². The van der Waals surface area contributed by atoms with E-state index in [0.29, 0.717) is 0 Å². The molecule has 0 bridgehead atoms. The number of nitrogens with zero attached hydrogens (tertiary/aromatic N) is 2. The van der Waals surface area contributed by atoms with Crippen molar-refractivity contribution in [1.82, 2.24) is 15.1 Å². The Bertz CT molecular complexity index is 579. The topological polar surface area (TPSA) is 54.0 Å². The highest BCUT2D eigenvalue weighted by molar-refractivity contribution is 5.73. The van der Waals surface area contributed by atoms with Gasteiger partial charge in [0.15, 0.2) is 11.5 Å². The summed E-state index contributed by atoms with van der Waals surface area (Å²) in [6.45, 7) is 7.97. The van der Waals surface area contributed by atoms with Crippen LogP contribution in [0.2, 0.25) is 0 Å². The smallest absolute Gasteiger partial charge is 0.219 e. The molecule has 6 heteroatoms. The number of nitrogens with one attached hydrogen (secondary N) is 1. The number of hydrogen-bond acceptors (Lipinski definition) is 5. The summed E-state index contributed by atoms with van der Waals surface area (Å²) in [5.41, 5.74) is 1.22. The molecular weight excluding hydrogens is 318 g/mol. The maximum absolute atomic E-state index is 11.4. The highest BCUT2D eigenvalue weighted by Crippen LogP contribution is 2.30. The zero-order chi connectivity index (χ0) is 17.6. The Morgan fingerprint density at radius 1 is 1.16 bits per heavy atom. The van der Waals surface area contributed by atoms with E-state index < -0.39 is 0 Å². The van der Waals surface area contributed by atoms with Crippen molar-refractivity contribution in [2.45, 2.75) is 32.4 Å². The van der Waals surface area contributed by atoms with Gasteiger partial charge >= 0.3 is 0 Å². The summed E-state index contributed by atoms with van der Waals surface area (Å²) in [6.07, 6.45) is 2.31. The Balaban J connectivity index is 1.62. The van der Waals surface area contributed by atoms with Crippen molar-refractivity contribution in [3.05, 3.63) is 23.8 Å². The third-order valence-corrected chi connectivity index (χ3v) is 5.03. The number of piperidine rings is 1. The zero-order valence-electron chi connectivity index (χ0n) is 15.3. The Labute approximate surface area is 150 Å². The van der Waals surface area contributed by atoms with Crippen LogP contribution in [-0.4, -0.2) is 68.2 Å². The predicted octanol–water partition coefficient (Wildman–Crippen LogP) is 1.49. The molecule has 0 radical (unpaired) electrons. The van der Waals surface area contributed by atoms with Gasteiger partial charge < -0.3 is 19.7 Å². The van der Waals surface area contributed by atoms with E-state index in [4.69, 9.17) is 9.47 Å². The van der Waals surface area contributed by atoms with Crippen molar-refractivity contribution in [3.63, 3.8) is 0 Å². The largest absolute Gasteiger partial charge is 0.493 e. The molecule has 2 aliphatic rings. The molecule has 6 nitrogen and oxygen atoms in total. The van der Waals surface area contributed by atoms with E-state index in [1.807, 2.05) is 11.0 Å². The van der Waals surface area contributed by atoms with Crippen molar-refractivity contribution in [2.75, 3.05) is 46.4 Å². The van der Waals surface area contributed by atoms with E-state index in [2.05, 4.69) is 22.3 Å². The minimum absolute atomic E-state index is 0.168. The molecule has 2 saturated heterocycles. The SMILES string of the molecule is COc1ccc(CN2CCN(C(C)=O)CC2)cc1OC1CCNCC1. The van der Waals surface area contributed by atoms with Gasteiger partial charge in [-0.3, -0.25) is 9.69 Å². The molecule has 1 N–H and O–H groups in total. The number of rotatable bonds is 5. The monoisotopic (exact) mass is 347 g/mol. The predicted molar refractivity (Wildman–Crippen MR) is 97.0 cm³/mol. The first-order chi connectivity index (χ1) is 12.2. The molecular formula is C19H29N3O3. The number of ether oxygens (including phenoxy) is 2. The van der Waals surface area contributed by atoms with E-state index in [-0.39, 0.29) is 12.0 Å². The first kappa shape index (κ1) is 18.0. The van der Waals surface area contributed by atoms with Crippen LogP contribution in [0.15, 0.2) is 18.2 Å². The number of methoxy groups -OCH3 is 1. The van der Waals surface area contributed by atoms with Gasteiger partial charge in [-0.1, -0.05) is 6.07 Å². The summed E-state index contributed by atoms with van der Waals surface area (Å²) in [7, 11) is 1.69. The van der Waals surface area contributed by atoms with Gasteiger partial charge in [0.1, 0.15) is 6.10 Å². The molecule has 0 spiro atoms. The van der Waals surface area contributed by atoms with Gasteiger partial charge in [-0.15, -0.1) is 0 Å². The Kier molecular flexibility index (Phi) is 6.15. The lowest BCUT2D eigenvalue weighted by Crippen LogP contribution is -2.47. The maximum Gasteiger partial charge on any atom is 0.219 e. The number of hydrogen-bond donors (Lipinski definition) is 1. The second-order valence-electron chi connectivity index (χ2n) is 6.83. The summed E-state index contributed by atoms with van der Waals surface area (Å²) in [5, 5.41) is 3.36. The summed E-state index contributed by atoms with van der Waals surface area (Å²) in [4.78, 5) is 15.7. The highest BCUT2D eigenvalue weighted by Gasteiger charge is 2.20. The van der Waals surface area contributed by atoms with Gasteiger partial charge in [0.2, 0.25) is 5.91 Å².